The molecule has 3 rings (SSSR count). The number of carbonyl (C=O) groups is 1. The van der Waals surface area contributed by atoms with E-state index in [-0.39, 0.29) is 18.2 Å². The van der Waals surface area contributed by atoms with Crippen LogP contribution in [0, 0.1) is 0 Å². The maximum atomic E-state index is 12.3. The minimum atomic E-state index is -0.0243. The fourth-order valence-corrected chi connectivity index (χ4v) is 3.35. The van der Waals surface area contributed by atoms with Gasteiger partial charge in [0.05, 0.1) is 19.3 Å². The first-order valence-electron chi connectivity index (χ1n) is 8.39. The van der Waals surface area contributed by atoms with E-state index in [2.05, 4.69) is 10.3 Å². The summed E-state index contributed by atoms with van der Waals surface area (Å²) in [4.78, 5) is 17.4. The molecule has 0 saturated carbocycles. The van der Waals surface area contributed by atoms with Crippen molar-refractivity contribution in [2.75, 3.05) is 26.7 Å². The van der Waals surface area contributed by atoms with Gasteiger partial charge in [-0.3, -0.25) is 0 Å². The Morgan fingerprint density at radius 1 is 1.38 bits per heavy atom. The number of morpholine rings is 1. The van der Waals surface area contributed by atoms with E-state index in [4.69, 9.17) is 9.47 Å². The van der Waals surface area contributed by atoms with Crippen LogP contribution < -0.4 is 10.1 Å². The average Bonchev–Trinajstić information content (AvgIpc) is 2.97. The lowest BCUT2D eigenvalue weighted by Crippen LogP contribution is -2.51. The number of benzene rings is 1. The first-order valence-corrected chi connectivity index (χ1v) is 8.39. The highest BCUT2D eigenvalue weighted by molar-refractivity contribution is 5.89. The zero-order valence-electron chi connectivity index (χ0n) is 14.5. The number of nitrogens with one attached hydrogen (secondary N) is 2. The molecule has 1 saturated heterocycles. The number of rotatable bonds is 4. The Morgan fingerprint density at radius 3 is 2.83 bits per heavy atom. The van der Waals surface area contributed by atoms with Gasteiger partial charge in [0, 0.05) is 36.7 Å². The molecule has 1 aliphatic rings. The molecule has 1 aliphatic heterocycles. The summed E-state index contributed by atoms with van der Waals surface area (Å²) >= 11 is 0. The number of hydrogen-bond donors (Lipinski definition) is 2. The average molecular weight is 331 g/mol. The van der Waals surface area contributed by atoms with E-state index in [0.717, 1.165) is 28.6 Å². The lowest BCUT2D eigenvalue weighted by molar-refractivity contribution is -0.0544. The number of methoxy groups -OCH3 is 1. The second kappa shape index (κ2) is 7.13. The van der Waals surface area contributed by atoms with E-state index in [1.165, 1.54) is 0 Å². The van der Waals surface area contributed by atoms with Crippen LogP contribution in [0.4, 0.5) is 4.79 Å². The van der Waals surface area contributed by atoms with E-state index in [1.807, 2.05) is 43.1 Å². The Labute approximate surface area is 142 Å². The number of urea groups is 1. The highest BCUT2D eigenvalue weighted by Crippen LogP contribution is 2.28. The van der Waals surface area contributed by atoms with Gasteiger partial charge in [0.2, 0.25) is 0 Å². The largest absolute Gasteiger partial charge is 0.496 e. The Bertz CT molecular complexity index is 703. The van der Waals surface area contributed by atoms with Crippen LogP contribution in [-0.2, 0) is 11.2 Å². The summed E-state index contributed by atoms with van der Waals surface area (Å²) in [5.41, 5.74) is 2.19. The first-order chi connectivity index (χ1) is 11.6. The smallest absolute Gasteiger partial charge is 0.317 e. The van der Waals surface area contributed by atoms with Gasteiger partial charge in [-0.1, -0.05) is 6.07 Å². The molecule has 2 aromatic rings. The lowest BCUT2D eigenvalue weighted by atomic mass is 10.1. The summed E-state index contributed by atoms with van der Waals surface area (Å²) in [6.07, 6.45) is 2.90. The minimum Gasteiger partial charge on any atom is -0.496 e. The Morgan fingerprint density at radius 2 is 2.12 bits per heavy atom. The summed E-state index contributed by atoms with van der Waals surface area (Å²) in [6.45, 7) is 5.85. The third-order valence-electron chi connectivity index (χ3n) is 4.35. The number of H-pyrrole nitrogens is 1. The lowest BCUT2D eigenvalue weighted by Gasteiger charge is -2.35. The van der Waals surface area contributed by atoms with Crippen molar-refractivity contribution in [3.8, 4) is 5.75 Å². The number of hydrogen-bond acceptors (Lipinski definition) is 3. The monoisotopic (exact) mass is 331 g/mol. The summed E-state index contributed by atoms with van der Waals surface area (Å²) in [5, 5.41) is 4.10. The topological polar surface area (TPSA) is 66.6 Å². The number of fused-ring (bicyclic) bond motifs is 1. The molecule has 130 valence electrons. The third kappa shape index (κ3) is 3.48. The number of aromatic nitrogens is 1. The normalized spacial score (nSPS) is 21.0. The van der Waals surface area contributed by atoms with Crippen molar-refractivity contribution in [2.24, 2.45) is 0 Å². The maximum Gasteiger partial charge on any atom is 0.317 e. The molecule has 0 spiro atoms. The van der Waals surface area contributed by atoms with Gasteiger partial charge in [0.1, 0.15) is 5.75 Å². The van der Waals surface area contributed by atoms with E-state index < -0.39 is 0 Å². The number of ether oxygens (including phenoxy) is 2. The standard InChI is InChI=1S/C18H25N3O3/c1-12-10-21(11-13(2)24-12)18(22)19-8-7-14-9-20-15-5-4-6-16(23-3)17(14)15/h4-6,9,12-13,20H,7-8,10-11H2,1-3H3,(H,19,22)/t12-,13+. The Balaban J connectivity index is 1.59. The molecule has 1 aromatic carbocycles. The number of nitrogens with zero attached hydrogens (tertiary/aromatic N) is 1. The Hall–Kier alpha value is -2.21. The number of aromatic amines is 1. The van der Waals surface area contributed by atoms with Gasteiger partial charge in [-0.2, -0.15) is 0 Å². The van der Waals surface area contributed by atoms with Crippen molar-refractivity contribution in [3.05, 3.63) is 30.0 Å². The SMILES string of the molecule is COc1cccc2[nH]cc(CCNC(=O)N3C[C@@H](C)O[C@@H](C)C3)c12. The molecule has 6 nitrogen and oxygen atoms in total. The quantitative estimate of drug-likeness (QED) is 0.905. The highest BCUT2D eigenvalue weighted by atomic mass is 16.5. The molecule has 2 N–H and O–H groups in total. The van der Waals surface area contributed by atoms with Gasteiger partial charge in [-0.15, -0.1) is 0 Å². The molecule has 1 fully saturated rings. The molecule has 0 aliphatic carbocycles. The van der Waals surface area contributed by atoms with E-state index in [9.17, 15) is 4.79 Å². The summed E-state index contributed by atoms with van der Waals surface area (Å²) < 4.78 is 11.1. The van der Waals surface area contributed by atoms with Gasteiger partial charge in [-0.05, 0) is 38.0 Å². The highest BCUT2D eigenvalue weighted by Gasteiger charge is 2.25. The molecule has 1 aromatic heterocycles. The van der Waals surface area contributed by atoms with Crippen LogP contribution in [0.15, 0.2) is 24.4 Å². The van der Waals surface area contributed by atoms with Crippen LogP contribution in [0.25, 0.3) is 10.9 Å². The van der Waals surface area contributed by atoms with Crippen molar-refractivity contribution in [3.63, 3.8) is 0 Å². The van der Waals surface area contributed by atoms with Crippen LogP contribution >= 0.6 is 0 Å². The summed E-state index contributed by atoms with van der Waals surface area (Å²) in [6, 6.07) is 5.92. The van der Waals surface area contributed by atoms with Crippen molar-refractivity contribution >= 4 is 16.9 Å². The van der Waals surface area contributed by atoms with Crippen LogP contribution in [-0.4, -0.2) is 54.9 Å². The van der Waals surface area contributed by atoms with Gasteiger partial charge in [-0.25, -0.2) is 4.79 Å². The molecular formula is C18H25N3O3. The third-order valence-corrected chi connectivity index (χ3v) is 4.35. The van der Waals surface area contributed by atoms with Crippen LogP contribution in [0.1, 0.15) is 19.4 Å². The Kier molecular flexibility index (Phi) is 4.94. The fraction of sp³-hybridized carbons (Fsp3) is 0.500. The van der Waals surface area contributed by atoms with Gasteiger partial charge >= 0.3 is 6.03 Å². The second-order valence-corrected chi connectivity index (χ2v) is 6.34. The van der Waals surface area contributed by atoms with Crippen molar-refractivity contribution in [2.45, 2.75) is 32.5 Å². The van der Waals surface area contributed by atoms with Crippen LogP contribution in [0.2, 0.25) is 0 Å². The number of carbonyl (C=O) groups excluding carboxylic acids is 1. The van der Waals surface area contributed by atoms with Gasteiger partial charge < -0.3 is 24.7 Å². The zero-order chi connectivity index (χ0) is 17.1. The molecule has 6 heteroatoms. The van der Waals surface area contributed by atoms with Crippen molar-refractivity contribution < 1.29 is 14.3 Å². The molecule has 0 radical (unpaired) electrons. The summed E-state index contributed by atoms with van der Waals surface area (Å²) in [5.74, 6) is 0.853. The van der Waals surface area contributed by atoms with Crippen molar-refractivity contribution in [1.82, 2.24) is 15.2 Å². The van der Waals surface area contributed by atoms with E-state index in [1.54, 1.807) is 7.11 Å². The second-order valence-electron chi connectivity index (χ2n) is 6.34. The fourth-order valence-electron chi connectivity index (χ4n) is 3.35. The molecule has 0 unspecified atom stereocenters. The van der Waals surface area contributed by atoms with E-state index >= 15 is 0 Å². The van der Waals surface area contributed by atoms with Gasteiger partial charge in [0.25, 0.3) is 0 Å². The molecule has 2 atom stereocenters. The van der Waals surface area contributed by atoms with Crippen molar-refractivity contribution in [1.29, 1.82) is 0 Å². The molecule has 0 bridgehead atoms. The minimum absolute atomic E-state index is 0.0243. The molecule has 24 heavy (non-hydrogen) atoms. The molecule has 2 amide bonds. The molecular weight excluding hydrogens is 306 g/mol. The summed E-state index contributed by atoms with van der Waals surface area (Å²) in [7, 11) is 1.67. The first kappa shape index (κ1) is 16.6. The predicted molar refractivity (Wildman–Crippen MR) is 93.5 cm³/mol. The number of amides is 2. The zero-order valence-corrected chi connectivity index (χ0v) is 14.5. The molecule has 2 heterocycles. The van der Waals surface area contributed by atoms with Gasteiger partial charge in [0.15, 0.2) is 0 Å². The van der Waals surface area contributed by atoms with Crippen LogP contribution in [0.5, 0.6) is 5.75 Å². The predicted octanol–water partition coefficient (Wildman–Crippen LogP) is 2.54. The van der Waals surface area contributed by atoms with Crippen LogP contribution in [0.3, 0.4) is 0 Å². The maximum absolute atomic E-state index is 12.3. The van der Waals surface area contributed by atoms with E-state index in [0.29, 0.717) is 19.6 Å².